The molecule has 1 unspecified atom stereocenters. The van der Waals surface area contributed by atoms with Crippen LogP contribution in [0.25, 0.3) is 16.9 Å². The van der Waals surface area contributed by atoms with Gasteiger partial charge in [-0.1, -0.05) is 29.3 Å². The molecule has 3 heterocycles. The molecule has 10 heteroatoms. The molecular formula is C19H18Cl2F3N5. The van der Waals surface area contributed by atoms with Gasteiger partial charge in [-0.2, -0.15) is 13.2 Å². The van der Waals surface area contributed by atoms with Crippen LogP contribution in [0.4, 0.5) is 19.0 Å². The Kier molecular flexibility index (Phi) is 5.35. The van der Waals surface area contributed by atoms with Gasteiger partial charge in [-0.15, -0.1) is 0 Å². The number of nitrogens with two attached hydrogens (primary N) is 1. The van der Waals surface area contributed by atoms with Crippen LogP contribution in [0.5, 0.6) is 0 Å². The van der Waals surface area contributed by atoms with Gasteiger partial charge >= 0.3 is 6.18 Å². The molecule has 154 valence electrons. The number of benzene rings is 1. The molecule has 2 N–H and O–H groups in total. The van der Waals surface area contributed by atoms with E-state index >= 15 is 0 Å². The molecule has 29 heavy (non-hydrogen) atoms. The Bertz CT molecular complexity index is 1030. The van der Waals surface area contributed by atoms with E-state index < -0.39 is 18.1 Å². The van der Waals surface area contributed by atoms with E-state index in [9.17, 15) is 13.2 Å². The van der Waals surface area contributed by atoms with Crippen LogP contribution in [0.2, 0.25) is 10.0 Å². The molecule has 3 aromatic rings. The van der Waals surface area contributed by atoms with Gasteiger partial charge in [-0.05, 0) is 30.9 Å². The number of aromatic nitrogens is 3. The molecule has 1 saturated heterocycles. The van der Waals surface area contributed by atoms with Gasteiger partial charge < -0.3 is 10.6 Å². The monoisotopic (exact) mass is 443 g/mol. The van der Waals surface area contributed by atoms with E-state index in [0.29, 0.717) is 53.2 Å². The van der Waals surface area contributed by atoms with Crippen molar-refractivity contribution in [2.24, 2.45) is 11.7 Å². The maximum absolute atomic E-state index is 12.9. The van der Waals surface area contributed by atoms with Crippen LogP contribution in [-0.2, 0) is 0 Å². The molecule has 0 amide bonds. The van der Waals surface area contributed by atoms with Crippen LogP contribution in [0.3, 0.4) is 0 Å². The van der Waals surface area contributed by atoms with Crippen molar-refractivity contribution < 1.29 is 13.2 Å². The zero-order valence-corrected chi connectivity index (χ0v) is 16.7. The van der Waals surface area contributed by atoms with E-state index in [1.165, 1.54) is 0 Å². The fourth-order valence-corrected chi connectivity index (χ4v) is 4.16. The summed E-state index contributed by atoms with van der Waals surface area (Å²) in [5.41, 5.74) is 6.83. The Morgan fingerprint density at radius 1 is 1.14 bits per heavy atom. The minimum atomic E-state index is -4.37. The van der Waals surface area contributed by atoms with Gasteiger partial charge in [0.1, 0.15) is 17.4 Å². The van der Waals surface area contributed by atoms with Gasteiger partial charge in [0.05, 0.1) is 16.2 Å². The lowest BCUT2D eigenvalue weighted by molar-refractivity contribution is -0.160. The van der Waals surface area contributed by atoms with Crippen molar-refractivity contribution in [2.45, 2.75) is 25.1 Å². The van der Waals surface area contributed by atoms with Gasteiger partial charge in [-0.25, -0.2) is 9.97 Å². The van der Waals surface area contributed by atoms with Gasteiger partial charge in [0.15, 0.2) is 5.82 Å². The van der Waals surface area contributed by atoms with Crippen molar-refractivity contribution >= 4 is 34.5 Å². The molecular weight excluding hydrogens is 426 g/mol. The number of anilines is 1. The second-order valence-electron chi connectivity index (χ2n) is 7.08. The number of imidazole rings is 1. The first-order valence-corrected chi connectivity index (χ1v) is 9.86. The van der Waals surface area contributed by atoms with Crippen LogP contribution in [0.15, 0.2) is 36.8 Å². The summed E-state index contributed by atoms with van der Waals surface area (Å²) in [4.78, 5) is 10.9. The summed E-state index contributed by atoms with van der Waals surface area (Å²) in [6.07, 6.45) is 1.42. The molecule has 0 saturated carbocycles. The summed E-state index contributed by atoms with van der Waals surface area (Å²) >= 11 is 12.5. The summed E-state index contributed by atoms with van der Waals surface area (Å²) in [6.45, 7) is 0.888. The van der Waals surface area contributed by atoms with Gasteiger partial charge in [0, 0.05) is 31.0 Å². The van der Waals surface area contributed by atoms with Gasteiger partial charge in [-0.3, -0.25) is 4.40 Å². The normalized spacial score (nSPS) is 17.1. The standard InChI is InChI=1S/C19H18Cl2F3N5/c20-13-3-1-2-12(15(13)21)17-27-10-14-18(26-6-9-29(14)17)28-7-4-11(5-8-28)16(25)19(22,23)24/h1-3,6,9-11,16H,4-5,7-8,25H2. The van der Waals surface area contributed by atoms with Gasteiger partial charge in [0.2, 0.25) is 0 Å². The molecule has 1 atom stereocenters. The van der Waals surface area contributed by atoms with E-state index in [4.69, 9.17) is 28.9 Å². The number of rotatable bonds is 3. The van der Waals surface area contributed by atoms with Crippen molar-refractivity contribution in [1.29, 1.82) is 0 Å². The summed E-state index contributed by atoms with van der Waals surface area (Å²) in [5.74, 6) is 0.699. The molecule has 0 bridgehead atoms. The molecule has 0 spiro atoms. The molecule has 1 aliphatic heterocycles. The van der Waals surface area contributed by atoms with Crippen LogP contribution < -0.4 is 10.6 Å². The lowest BCUT2D eigenvalue weighted by atomic mass is 9.89. The summed E-state index contributed by atoms with van der Waals surface area (Å²) < 4.78 is 40.6. The maximum Gasteiger partial charge on any atom is 0.403 e. The van der Waals surface area contributed by atoms with Crippen LogP contribution in [0.1, 0.15) is 12.8 Å². The first kappa shape index (κ1) is 20.3. The molecule has 0 radical (unpaired) electrons. The van der Waals surface area contributed by atoms with Crippen molar-refractivity contribution in [3.63, 3.8) is 0 Å². The predicted molar refractivity (Wildman–Crippen MR) is 107 cm³/mol. The smallest absolute Gasteiger partial charge is 0.355 e. The largest absolute Gasteiger partial charge is 0.403 e. The first-order valence-electron chi connectivity index (χ1n) is 9.11. The second kappa shape index (κ2) is 7.66. The summed E-state index contributed by atoms with van der Waals surface area (Å²) in [6, 6.07) is 3.53. The minimum Gasteiger partial charge on any atom is -0.355 e. The van der Waals surface area contributed by atoms with Crippen LogP contribution >= 0.6 is 23.2 Å². The fraction of sp³-hybridized carbons (Fsp3) is 0.368. The Hall–Kier alpha value is -2.03. The predicted octanol–water partition coefficient (Wildman–Crippen LogP) is 4.81. The number of hydrogen-bond donors (Lipinski definition) is 1. The summed E-state index contributed by atoms with van der Waals surface area (Å²) in [7, 11) is 0. The number of nitrogens with zero attached hydrogens (tertiary/aromatic N) is 4. The molecule has 1 fully saturated rings. The van der Waals surface area contributed by atoms with Crippen molar-refractivity contribution in [3.8, 4) is 11.4 Å². The number of fused-ring (bicyclic) bond motifs is 1. The Morgan fingerprint density at radius 2 is 1.86 bits per heavy atom. The molecule has 4 rings (SSSR count). The fourth-order valence-electron chi connectivity index (χ4n) is 3.77. The second-order valence-corrected chi connectivity index (χ2v) is 7.87. The van der Waals surface area contributed by atoms with Crippen molar-refractivity contribution in [2.75, 3.05) is 18.0 Å². The Morgan fingerprint density at radius 3 is 2.55 bits per heavy atom. The number of alkyl halides is 3. The molecule has 1 aromatic carbocycles. The zero-order valence-electron chi connectivity index (χ0n) is 15.2. The average molecular weight is 444 g/mol. The van der Waals surface area contributed by atoms with E-state index in [2.05, 4.69) is 9.97 Å². The highest BCUT2D eigenvalue weighted by Gasteiger charge is 2.42. The zero-order chi connectivity index (χ0) is 20.8. The maximum atomic E-state index is 12.9. The Balaban J connectivity index is 1.62. The number of hydrogen-bond acceptors (Lipinski definition) is 4. The molecule has 0 aliphatic carbocycles. The highest BCUT2D eigenvalue weighted by atomic mass is 35.5. The highest BCUT2D eigenvalue weighted by molar-refractivity contribution is 6.43. The third-order valence-electron chi connectivity index (χ3n) is 5.36. The third kappa shape index (κ3) is 3.76. The quantitative estimate of drug-likeness (QED) is 0.630. The van der Waals surface area contributed by atoms with E-state index in [1.807, 2.05) is 15.4 Å². The van der Waals surface area contributed by atoms with E-state index in [1.54, 1.807) is 30.7 Å². The lowest BCUT2D eigenvalue weighted by Crippen LogP contribution is -2.48. The Labute approximate surface area is 175 Å². The van der Waals surface area contributed by atoms with Crippen molar-refractivity contribution in [3.05, 3.63) is 46.8 Å². The SMILES string of the molecule is NC(C1CCN(c2nccn3c(-c4cccc(Cl)c4Cl)ncc23)CC1)C(F)(F)F. The van der Waals surface area contributed by atoms with E-state index in [0.717, 1.165) is 5.52 Å². The molecule has 2 aromatic heterocycles. The summed E-state index contributed by atoms with van der Waals surface area (Å²) in [5, 5.41) is 0.834. The van der Waals surface area contributed by atoms with Crippen LogP contribution in [0, 0.1) is 5.92 Å². The topological polar surface area (TPSA) is 59.5 Å². The number of halogens is 5. The lowest BCUT2D eigenvalue weighted by Gasteiger charge is -2.36. The minimum absolute atomic E-state index is 0.352. The third-order valence-corrected chi connectivity index (χ3v) is 6.17. The highest BCUT2D eigenvalue weighted by Crippen LogP contribution is 2.35. The number of piperidine rings is 1. The van der Waals surface area contributed by atoms with Gasteiger partial charge in [0.25, 0.3) is 0 Å². The van der Waals surface area contributed by atoms with E-state index in [-0.39, 0.29) is 0 Å². The molecule has 5 nitrogen and oxygen atoms in total. The van der Waals surface area contributed by atoms with Crippen molar-refractivity contribution in [1.82, 2.24) is 14.4 Å². The average Bonchev–Trinajstić information content (AvgIpc) is 3.13. The molecule has 1 aliphatic rings. The van der Waals surface area contributed by atoms with Crippen LogP contribution in [-0.4, -0.2) is 39.7 Å². The first-order chi connectivity index (χ1) is 13.8.